The predicted octanol–water partition coefficient (Wildman–Crippen LogP) is 3.72. The molecule has 0 bridgehead atoms. The molecule has 108 valence electrons. The minimum Gasteiger partial charge on any atom is -0.324 e. The van der Waals surface area contributed by atoms with Crippen LogP contribution < -0.4 is 4.90 Å². The Kier molecular flexibility index (Phi) is 2.71. The Morgan fingerprint density at radius 2 is 1.76 bits per heavy atom. The van der Waals surface area contributed by atoms with Crippen molar-refractivity contribution < 1.29 is 8.78 Å². The summed E-state index contributed by atoms with van der Waals surface area (Å²) in [6.45, 7) is 0.747. The van der Waals surface area contributed by atoms with Gasteiger partial charge >= 0.3 is 0 Å². The summed E-state index contributed by atoms with van der Waals surface area (Å²) in [4.78, 5) is 10.9. The molecule has 2 aliphatic rings. The zero-order chi connectivity index (χ0) is 14.4. The molecule has 0 N–H and O–H groups in total. The molecule has 1 aromatic carbocycles. The zero-order valence-corrected chi connectivity index (χ0v) is 11.5. The van der Waals surface area contributed by atoms with Crippen molar-refractivity contribution in [3.05, 3.63) is 47.9 Å². The summed E-state index contributed by atoms with van der Waals surface area (Å²) in [5.41, 5.74) is 1.67. The summed E-state index contributed by atoms with van der Waals surface area (Å²) >= 11 is 0. The molecule has 2 aromatic rings. The summed E-state index contributed by atoms with van der Waals surface area (Å²) in [6.07, 6.45) is 7.90. The van der Waals surface area contributed by atoms with Crippen molar-refractivity contribution in [3.63, 3.8) is 0 Å². The minimum atomic E-state index is -0.828. The Labute approximate surface area is 121 Å². The second kappa shape index (κ2) is 4.48. The van der Waals surface area contributed by atoms with Gasteiger partial charge in [0.15, 0.2) is 17.5 Å². The molecule has 0 amide bonds. The number of anilines is 2. The van der Waals surface area contributed by atoms with Crippen molar-refractivity contribution in [3.8, 4) is 0 Å². The van der Waals surface area contributed by atoms with Gasteiger partial charge in [-0.05, 0) is 25.0 Å². The molecule has 4 rings (SSSR count). The highest BCUT2D eigenvalue weighted by atomic mass is 19.2. The maximum atomic E-state index is 13.5. The van der Waals surface area contributed by atoms with Crippen LogP contribution in [0.25, 0.3) is 0 Å². The molecule has 0 unspecified atom stereocenters. The number of halogens is 2. The van der Waals surface area contributed by atoms with Crippen molar-refractivity contribution in [1.82, 2.24) is 9.97 Å². The lowest BCUT2D eigenvalue weighted by Crippen LogP contribution is -2.29. The lowest BCUT2D eigenvalue weighted by molar-refractivity contribution is 0.464. The quantitative estimate of drug-likeness (QED) is 0.800. The van der Waals surface area contributed by atoms with Gasteiger partial charge < -0.3 is 4.90 Å². The molecule has 1 aliphatic heterocycles. The Balaban J connectivity index is 1.82. The van der Waals surface area contributed by atoms with E-state index in [1.54, 1.807) is 18.5 Å². The molecule has 1 aliphatic carbocycles. The van der Waals surface area contributed by atoms with Crippen LogP contribution >= 0.6 is 0 Å². The van der Waals surface area contributed by atoms with E-state index in [9.17, 15) is 8.78 Å². The fourth-order valence-corrected chi connectivity index (χ4v) is 3.67. The van der Waals surface area contributed by atoms with Crippen LogP contribution in [0.2, 0.25) is 0 Å². The second-order valence-corrected chi connectivity index (χ2v) is 5.90. The van der Waals surface area contributed by atoms with Gasteiger partial charge in [0, 0.05) is 36.1 Å². The van der Waals surface area contributed by atoms with E-state index < -0.39 is 11.6 Å². The fourth-order valence-electron chi connectivity index (χ4n) is 3.67. The number of benzene rings is 1. The van der Waals surface area contributed by atoms with Gasteiger partial charge in [-0.3, -0.25) is 4.98 Å². The third kappa shape index (κ3) is 1.83. The molecule has 1 saturated carbocycles. The highest BCUT2D eigenvalue weighted by Crippen LogP contribution is 2.50. The van der Waals surface area contributed by atoms with Crippen LogP contribution in [0.15, 0.2) is 30.6 Å². The number of hydrogen-bond donors (Lipinski definition) is 0. The smallest absolute Gasteiger partial charge is 0.160 e. The van der Waals surface area contributed by atoms with Crippen LogP contribution in [0.3, 0.4) is 0 Å². The monoisotopic (exact) mass is 287 g/mol. The van der Waals surface area contributed by atoms with Crippen LogP contribution in [-0.4, -0.2) is 16.5 Å². The first kappa shape index (κ1) is 12.7. The van der Waals surface area contributed by atoms with E-state index in [0.717, 1.165) is 30.9 Å². The molecule has 21 heavy (non-hydrogen) atoms. The van der Waals surface area contributed by atoms with Crippen molar-refractivity contribution in [1.29, 1.82) is 0 Å². The number of rotatable bonds is 1. The van der Waals surface area contributed by atoms with Gasteiger partial charge in [0.2, 0.25) is 0 Å². The first-order valence-electron chi connectivity index (χ1n) is 7.24. The van der Waals surface area contributed by atoms with Crippen LogP contribution in [0.1, 0.15) is 31.4 Å². The van der Waals surface area contributed by atoms with E-state index in [1.807, 2.05) is 4.90 Å². The first-order chi connectivity index (χ1) is 10.2. The lowest BCUT2D eigenvalue weighted by Gasteiger charge is -2.24. The highest BCUT2D eigenvalue weighted by molar-refractivity contribution is 5.67. The Morgan fingerprint density at radius 1 is 1.00 bits per heavy atom. The highest BCUT2D eigenvalue weighted by Gasteiger charge is 2.47. The van der Waals surface area contributed by atoms with Crippen LogP contribution in [-0.2, 0) is 5.41 Å². The lowest BCUT2D eigenvalue weighted by atomic mass is 9.85. The van der Waals surface area contributed by atoms with Crippen molar-refractivity contribution in [2.24, 2.45) is 0 Å². The molecule has 2 heterocycles. The van der Waals surface area contributed by atoms with E-state index in [2.05, 4.69) is 9.97 Å². The van der Waals surface area contributed by atoms with E-state index in [-0.39, 0.29) is 5.41 Å². The third-order valence-electron chi connectivity index (χ3n) is 4.67. The van der Waals surface area contributed by atoms with Crippen LogP contribution in [0.5, 0.6) is 0 Å². The second-order valence-electron chi connectivity index (χ2n) is 5.90. The van der Waals surface area contributed by atoms with Crippen molar-refractivity contribution >= 4 is 11.5 Å². The summed E-state index contributed by atoms with van der Waals surface area (Å²) in [6, 6.07) is 4.01. The molecule has 0 saturated heterocycles. The summed E-state index contributed by atoms with van der Waals surface area (Å²) in [7, 11) is 0. The SMILES string of the molecule is Fc1ccc(N2CC3(CCCC3)c3nccnc32)cc1F. The summed E-state index contributed by atoms with van der Waals surface area (Å²) in [5.74, 6) is -0.872. The molecule has 3 nitrogen and oxygen atoms in total. The van der Waals surface area contributed by atoms with Crippen molar-refractivity contribution in [2.75, 3.05) is 11.4 Å². The molecule has 1 spiro atoms. The van der Waals surface area contributed by atoms with E-state index in [4.69, 9.17) is 0 Å². The number of fused-ring (bicyclic) bond motifs is 2. The molecule has 5 heteroatoms. The number of aromatic nitrogens is 2. The molecule has 1 fully saturated rings. The predicted molar refractivity (Wildman–Crippen MR) is 75.5 cm³/mol. The van der Waals surface area contributed by atoms with E-state index in [0.29, 0.717) is 5.69 Å². The van der Waals surface area contributed by atoms with Gasteiger partial charge in [-0.15, -0.1) is 0 Å². The minimum absolute atomic E-state index is 0.0223. The Hall–Kier alpha value is -2.04. The van der Waals surface area contributed by atoms with Crippen LogP contribution in [0.4, 0.5) is 20.3 Å². The van der Waals surface area contributed by atoms with Gasteiger partial charge in [0.25, 0.3) is 0 Å². The van der Waals surface area contributed by atoms with Crippen molar-refractivity contribution in [2.45, 2.75) is 31.1 Å². The Bertz CT molecular complexity index is 696. The third-order valence-corrected chi connectivity index (χ3v) is 4.67. The zero-order valence-electron chi connectivity index (χ0n) is 11.5. The molecular weight excluding hydrogens is 272 g/mol. The summed E-state index contributed by atoms with van der Waals surface area (Å²) < 4.78 is 26.7. The number of hydrogen-bond acceptors (Lipinski definition) is 3. The van der Waals surface area contributed by atoms with Gasteiger partial charge in [-0.25, -0.2) is 13.8 Å². The average Bonchev–Trinajstić information content (AvgIpc) is 3.10. The van der Waals surface area contributed by atoms with Gasteiger partial charge in [0.1, 0.15) is 0 Å². The maximum absolute atomic E-state index is 13.5. The standard InChI is InChI=1S/C16H15F2N3/c17-12-4-3-11(9-13(12)18)21-10-16(5-1-2-6-16)14-15(21)20-8-7-19-14/h3-4,7-9H,1-2,5-6,10H2. The van der Waals surface area contributed by atoms with Gasteiger partial charge in [-0.1, -0.05) is 12.8 Å². The molecular formula is C16H15F2N3. The van der Waals surface area contributed by atoms with Gasteiger partial charge in [0.05, 0.1) is 5.69 Å². The normalized spacial score (nSPS) is 19.2. The maximum Gasteiger partial charge on any atom is 0.160 e. The van der Waals surface area contributed by atoms with Gasteiger partial charge in [-0.2, -0.15) is 0 Å². The fraction of sp³-hybridized carbons (Fsp3) is 0.375. The molecule has 0 atom stereocenters. The largest absolute Gasteiger partial charge is 0.324 e. The average molecular weight is 287 g/mol. The topological polar surface area (TPSA) is 29.0 Å². The van der Waals surface area contributed by atoms with Crippen LogP contribution in [0, 0.1) is 11.6 Å². The number of nitrogens with zero attached hydrogens (tertiary/aromatic N) is 3. The first-order valence-corrected chi connectivity index (χ1v) is 7.24. The summed E-state index contributed by atoms with van der Waals surface area (Å²) in [5, 5.41) is 0. The van der Waals surface area contributed by atoms with E-state index >= 15 is 0 Å². The Morgan fingerprint density at radius 3 is 2.52 bits per heavy atom. The molecule has 0 radical (unpaired) electrons. The van der Waals surface area contributed by atoms with E-state index in [1.165, 1.54) is 25.0 Å². The molecule has 1 aromatic heterocycles.